The van der Waals surface area contributed by atoms with E-state index in [9.17, 15) is 9.59 Å². The molecule has 3 rings (SSSR count). The molecule has 1 amide bonds. The van der Waals surface area contributed by atoms with Crippen molar-refractivity contribution >= 4 is 12.4 Å². The smallest absolute Gasteiger partial charge is 0.410 e. The van der Waals surface area contributed by atoms with Crippen LogP contribution in [0.1, 0.15) is 31.2 Å². The summed E-state index contributed by atoms with van der Waals surface area (Å²) in [6, 6.07) is 8.98. The minimum atomic E-state index is -1.15. The highest BCUT2D eigenvalue weighted by Crippen LogP contribution is 2.37. The van der Waals surface area contributed by atoms with Gasteiger partial charge in [0.1, 0.15) is 18.9 Å². The lowest BCUT2D eigenvalue weighted by molar-refractivity contribution is -0.319. The Bertz CT molecular complexity index is 635. The summed E-state index contributed by atoms with van der Waals surface area (Å²) in [6.07, 6.45) is 3.77. The van der Waals surface area contributed by atoms with Crippen molar-refractivity contribution in [2.24, 2.45) is 0 Å². The van der Waals surface area contributed by atoms with Crippen LogP contribution >= 0.6 is 0 Å². The van der Waals surface area contributed by atoms with Crippen LogP contribution in [0.4, 0.5) is 4.79 Å². The Morgan fingerprint density at radius 1 is 1.15 bits per heavy atom. The number of carbonyl (C=O) groups is 2. The number of methoxy groups -OCH3 is 2. The normalized spacial score (nSPS) is 23.6. The summed E-state index contributed by atoms with van der Waals surface area (Å²) in [5.74, 6) is -1.15. The van der Waals surface area contributed by atoms with Gasteiger partial charge in [-0.3, -0.25) is 4.90 Å². The van der Waals surface area contributed by atoms with Gasteiger partial charge >= 0.3 is 6.09 Å². The van der Waals surface area contributed by atoms with E-state index in [1.165, 1.54) is 0 Å². The number of rotatable bonds is 7. The molecule has 7 heteroatoms. The Kier molecular flexibility index (Phi) is 6.46. The Balaban J connectivity index is 1.76. The predicted octanol–water partition coefficient (Wildman–Crippen LogP) is 2.40. The first-order valence-corrected chi connectivity index (χ1v) is 9.46. The highest BCUT2D eigenvalue weighted by molar-refractivity contribution is 5.68. The van der Waals surface area contributed by atoms with E-state index in [1.54, 1.807) is 19.1 Å². The summed E-state index contributed by atoms with van der Waals surface area (Å²) in [4.78, 5) is 27.9. The van der Waals surface area contributed by atoms with Gasteiger partial charge in [-0.25, -0.2) is 9.69 Å². The molecule has 0 N–H and O–H groups in total. The minimum absolute atomic E-state index is 0.219. The van der Waals surface area contributed by atoms with E-state index in [4.69, 9.17) is 14.2 Å². The van der Waals surface area contributed by atoms with E-state index in [2.05, 4.69) is 0 Å². The van der Waals surface area contributed by atoms with Crippen molar-refractivity contribution in [3.63, 3.8) is 0 Å². The molecule has 2 atom stereocenters. The molecular formula is C20H28N2O5. The van der Waals surface area contributed by atoms with Gasteiger partial charge in [-0.15, -0.1) is 0 Å². The molecule has 2 fully saturated rings. The molecule has 0 bridgehead atoms. The number of carbonyl (C=O) groups excluding carboxylic acids is 2. The first kappa shape index (κ1) is 19.8. The highest BCUT2D eigenvalue weighted by Gasteiger charge is 2.54. The fourth-order valence-corrected chi connectivity index (χ4v) is 4.27. The molecule has 0 aliphatic carbocycles. The summed E-state index contributed by atoms with van der Waals surface area (Å²) in [5.41, 5.74) is 0.937. The highest BCUT2D eigenvalue weighted by atomic mass is 16.7. The van der Waals surface area contributed by atoms with Crippen LogP contribution in [-0.2, 0) is 25.6 Å². The van der Waals surface area contributed by atoms with Gasteiger partial charge in [-0.1, -0.05) is 30.3 Å². The maximum Gasteiger partial charge on any atom is 0.410 e. The maximum absolute atomic E-state index is 12.8. The quantitative estimate of drug-likeness (QED) is 0.538. The van der Waals surface area contributed by atoms with E-state index < -0.39 is 5.91 Å². The fourth-order valence-electron chi connectivity index (χ4n) is 4.27. The summed E-state index contributed by atoms with van der Waals surface area (Å²) >= 11 is 0. The van der Waals surface area contributed by atoms with Crippen molar-refractivity contribution in [1.82, 2.24) is 9.80 Å². The third kappa shape index (κ3) is 3.85. The Labute approximate surface area is 160 Å². The molecule has 2 aliphatic rings. The van der Waals surface area contributed by atoms with Gasteiger partial charge in [-0.2, -0.15) is 0 Å². The van der Waals surface area contributed by atoms with Crippen molar-refractivity contribution in [3.8, 4) is 0 Å². The first-order valence-electron chi connectivity index (χ1n) is 9.46. The average molecular weight is 376 g/mol. The number of nitrogens with zero attached hydrogens (tertiary/aromatic N) is 2. The van der Waals surface area contributed by atoms with Gasteiger partial charge in [-0.05, 0) is 31.2 Å². The second kappa shape index (κ2) is 8.82. The van der Waals surface area contributed by atoms with Gasteiger partial charge < -0.3 is 19.0 Å². The van der Waals surface area contributed by atoms with Crippen LogP contribution in [0.15, 0.2) is 30.3 Å². The summed E-state index contributed by atoms with van der Waals surface area (Å²) in [5, 5.41) is 0. The van der Waals surface area contributed by atoms with E-state index >= 15 is 0 Å². The van der Waals surface area contributed by atoms with Crippen LogP contribution in [0.3, 0.4) is 0 Å². The van der Waals surface area contributed by atoms with Crippen molar-refractivity contribution < 1.29 is 23.8 Å². The molecule has 1 aromatic rings. The largest absolute Gasteiger partial charge is 0.445 e. The predicted molar refractivity (Wildman–Crippen MR) is 98.9 cm³/mol. The standard InChI is InChI=1S/C20H28N2O5/c1-25-20(26-2,22-13-6-10-17(22)14-23)18-11-7-12-21(18)19(24)27-15-16-8-4-3-5-9-16/h3-5,8-9,14,17-18H,6-7,10-13,15H2,1-2H3/t17-,18-/m0/s1. The van der Waals surface area contributed by atoms with Crippen molar-refractivity contribution in [2.45, 2.75) is 50.3 Å². The molecule has 0 saturated carbocycles. The van der Waals surface area contributed by atoms with Crippen LogP contribution in [0.5, 0.6) is 0 Å². The summed E-state index contributed by atoms with van der Waals surface area (Å²) in [6.45, 7) is 1.48. The Hall–Kier alpha value is -1.96. The Morgan fingerprint density at radius 2 is 1.85 bits per heavy atom. The van der Waals surface area contributed by atoms with Crippen LogP contribution in [0.25, 0.3) is 0 Å². The molecule has 27 heavy (non-hydrogen) atoms. The molecule has 2 aliphatic heterocycles. The van der Waals surface area contributed by atoms with E-state index in [-0.39, 0.29) is 24.8 Å². The molecule has 7 nitrogen and oxygen atoms in total. The number of ether oxygens (including phenoxy) is 3. The van der Waals surface area contributed by atoms with Crippen molar-refractivity contribution in [2.75, 3.05) is 27.3 Å². The number of amides is 1. The van der Waals surface area contributed by atoms with Crippen molar-refractivity contribution in [1.29, 1.82) is 0 Å². The van der Waals surface area contributed by atoms with Gasteiger partial charge in [0.25, 0.3) is 5.91 Å². The van der Waals surface area contributed by atoms with Gasteiger partial charge in [0, 0.05) is 27.3 Å². The third-order valence-electron chi connectivity index (χ3n) is 5.56. The van der Waals surface area contributed by atoms with Crippen LogP contribution < -0.4 is 0 Å². The monoisotopic (exact) mass is 376 g/mol. The lowest BCUT2D eigenvalue weighted by Gasteiger charge is -2.46. The van der Waals surface area contributed by atoms with Gasteiger partial charge in [0.05, 0.1) is 6.04 Å². The molecule has 0 aromatic heterocycles. The second-order valence-corrected chi connectivity index (χ2v) is 6.97. The zero-order chi connectivity index (χ0) is 19.3. The third-order valence-corrected chi connectivity index (χ3v) is 5.56. The van der Waals surface area contributed by atoms with Crippen LogP contribution in [0, 0.1) is 0 Å². The van der Waals surface area contributed by atoms with Gasteiger partial charge in [0.2, 0.25) is 0 Å². The minimum Gasteiger partial charge on any atom is -0.445 e. The number of likely N-dealkylation sites (tertiary alicyclic amines) is 2. The number of aldehydes is 1. The van der Waals surface area contributed by atoms with Crippen LogP contribution in [-0.4, -0.2) is 67.5 Å². The second-order valence-electron chi connectivity index (χ2n) is 6.97. The SMILES string of the molecule is COC(OC)([C@@H]1CCCN1C(=O)OCc1ccccc1)N1CCC[C@H]1C=O. The van der Waals surface area contributed by atoms with Crippen LogP contribution in [0.2, 0.25) is 0 Å². The molecule has 0 radical (unpaired) electrons. The molecule has 0 spiro atoms. The van der Waals surface area contributed by atoms with E-state index in [1.807, 2.05) is 35.2 Å². The number of hydrogen-bond donors (Lipinski definition) is 0. The zero-order valence-electron chi connectivity index (χ0n) is 16.0. The van der Waals surface area contributed by atoms with E-state index in [0.717, 1.165) is 37.5 Å². The molecule has 0 unspecified atom stereocenters. The lowest BCUT2D eigenvalue weighted by Crippen LogP contribution is -2.65. The first-order chi connectivity index (χ1) is 13.2. The summed E-state index contributed by atoms with van der Waals surface area (Å²) < 4.78 is 17.2. The summed E-state index contributed by atoms with van der Waals surface area (Å²) in [7, 11) is 3.13. The zero-order valence-corrected chi connectivity index (χ0v) is 16.0. The van der Waals surface area contributed by atoms with Crippen molar-refractivity contribution in [3.05, 3.63) is 35.9 Å². The number of hydrogen-bond acceptors (Lipinski definition) is 6. The fraction of sp³-hybridized carbons (Fsp3) is 0.600. The average Bonchev–Trinajstić information content (AvgIpc) is 3.39. The molecule has 2 saturated heterocycles. The van der Waals surface area contributed by atoms with E-state index in [0.29, 0.717) is 13.1 Å². The lowest BCUT2D eigenvalue weighted by atomic mass is 10.1. The Morgan fingerprint density at radius 3 is 2.52 bits per heavy atom. The maximum atomic E-state index is 12.8. The van der Waals surface area contributed by atoms with Gasteiger partial charge in [0.15, 0.2) is 0 Å². The molecule has 148 valence electrons. The number of benzene rings is 1. The molecule has 2 heterocycles. The molecule has 1 aromatic carbocycles. The topological polar surface area (TPSA) is 68.3 Å². The molecular weight excluding hydrogens is 348 g/mol.